The van der Waals surface area contributed by atoms with E-state index >= 15 is 0 Å². The van der Waals surface area contributed by atoms with E-state index in [-0.39, 0.29) is 41.8 Å². The molecule has 6 nitrogen and oxygen atoms in total. The summed E-state index contributed by atoms with van der Waals surface area (Å²) in [4.78, 5) is 17.9. The SMILES string of the molecule is CN(C)C(=O)CN=C(NCC1CCOC1)NCC1(c2cccc(Cl)c2)CC1.I. The van der Waals surface area contributed by atoms with Crippen molar-refractivity contribution in [3.63, 3.8) is 0 Å². The number of nitrogens with zero attached hydrogens (tertiary/aromatic N) is 2. The van der Waals surface area contributed by atoms with Gasteiger partial charge in [0.2, 0.25) is 5.91 Å². The van der Waals surface area contributed by atoms with Crippen molar-refractivity contribution in [3.05, 3.63) is 34.9 Å². The van der Waals surface area contributed by atoms with E-state index < -0.39 is 0 Å². The average molecular weight is 521 g/mol. The van der Waals surface area contributed by atoms with Crippen LogP contribution in [0.25, 0.3) is 0 Å². The number of guanidine groups is 1. The normalized spacial score (nSPS) is 20.2. The Kier molecular flexibility index (Phi) is 8.82. The highest BCUT2D eigenvalue weighted by molar-refractivity contribution is 14.0. The molecule has 1 aromatic carbocycles. The second-order valence-corrected chi connectivity index (χ2v) is 8.14. The van der Waals surface area contributed by atoms with Crippen LogP contribution in [0.5, 0.6) is 0 Å². The highest BCUT2D eigenvalue weighted by atomic mass is 127. The largest absolute Gasteiger partial charge is 0.381 e. The van der Waals surface area contributed by atoms with E-state index in [4.69, 9.17) is 16.3 Å². The molecule has 3 rings (SSSR count). The molecule has 1 aromatic rings. The van der Waals surface area contributed by atoms with Crippen molar-refractivity contribution >= 4 is 47.4 Å². The van der Waals surface area contributed by atoms with Crippen LogP contribution >= 0.6 is 35.6 Å². The second-order valence-electron chi connectivity index (χ2n) is 7.71. The number of likely N-dealkylation sites (N-methyl/N-ethyl adjacent to an activating group) is 1. The van der Waals surface area contributed by atoms with Crippen molar-refractivity contribution in [2.45, 2.75) is 24.7 Å². The number of rotatable bonds is 7. The lowest BCUT2D eigenvalue weighted by molar-refractivity contribution is -0.127. The van der Waals surface area contributed by atoms with Gasteiger partial charge in [0.25, 0.3) is 0 Å². The summed E-state index contributed by atoms with van der Waals surface area (Å²) >= 11 is 6.17. The van der Waals surface area contributed by atoms with Gasteiger partial charge in [-0.25, -0.2) is 4.99 Å². The summed E-state index contributed by atoms with van der Waals surface area (Å²) in [5.41, 5.74) is 1.37. The molecular weight excluding hydrogens is 491 g/mol. The van der Waals surface area contributed by atoms with Gasteiger partial charge < -0.3 is 20.3 Å². The maximum absolute atomic E-state index is 11.9. The number of benzene rings is 1. The van der Waals surface area contributed by atoms with Crippen LogP contribution < -0.4 is 10.6 Å². The van der Waals surface area contributed by atoms with Gasteiger partial charge in [-0.05, 0) is 37.0 Å². The average Bonchev–Trinajstić information content (AvgIpc) is 3.26. The number of amides is 1. The van der Waals surface area contributed by atoms with Crippen molar-refractivity contribution in [2.75, 3.05) is 46.9 Å². The lowest BCUT2D eigenvalue weighted by Crippen LogP contribution is -2.43. The summed E-state index contributed by atoms with van der Waals surface area (Å²) in [6.45, 7) is 3.31. The fraction of sp³-hybridized carbons (Fsp3) is 0.600. The predicted molar refractivity (Wildman–Crippen MR) is 124 cm³/mol. The molecule has 0 bridgehead atoms. The number of nitrogens with one attached hydrogen (secondary N) is 2. The molecule has 1 saturated heterocycles. The Hall–Kier alpha value is -1.06. The van der Waals surface area contributed by atoms with Crippen LogP contribution in [0.1, 0.15) is 24.8 Å². The summed E-state index contributed by atoms with van der Waals surface area (Å²) in [5.74, 6) is 1.16. The quantitative estimate of drug-likeness (QED) is 0.330. The lowest BCUT2D eigenvalue weighted by atomic mass is 9.96. The van der Waals surface area contributed by atoms with Crippen molar-refractivity contribution in [3.8, 4) is 0 Å². The Bertz CT molecular complexity index is 689. The van der Waals surface area contributed by atoms with Gasteiger partial charge in [0.15, 0.2) is 5.96 Å². The van der Waals surface area contributed by atoms with Gasteiger partial charge in [0.05, 0.1) is 6.61 Å². The third kappa shape index (κ3) is 6.49. The molecule has 1 amide bonds. The first-order valence-corrected chi connectivity index (χ1v) is 9.92. The van der Waals surface area contributed by atoms with E-state index in [9.17, 15) is 4.79 Å². The standard InChI is InChI=1S/C20H29ClN4O2.HI/c1-25(2)18(26)12-23-19(22-11-15-6-9-27-13-15)24-14-20(7-8-20)16-4-3-5-17(21)10-16;/h3-5,10,15H,6-9,11-14H2,1-2H3,(H2,22,23,24);1H. The monoisotopic (exact) mass is 520 g/mol. The molecule has 2 N–H and O–H groups in total. The predicted octanol–water partition coefficient (Wildman–Crippen LogP) is 2.65. The third-order valence-corrected chi connectivity index (χ3v) is 5.57. The van der Waals surface area contributed by atoms with E-state index in [1.807, 2.05) is 18.2 Å². The topological polar surface area (TPSA) is 66.0 Å². The first-order valence-electron chi connectivity index (χ1n) is 9.55. The van der Waals surface area contributed by atoms with Crippen LogP contribution in [-0.4, -0.2) is 63.7 Å². The number of carbonyl (C=O) groups excluding carboxylic acids is 1. The Balaban J connectivity index is 0.00000280. The van der Waals surface area contributed by atoms with Crippen LogP contribution in [0.15, 0.2) is 29.3 Å². The maximum Gasteiger partial charge on any atom is 0.243 e. The smallest absolute Gasteiger partial charge is 0.243 e. The maximum atomic E-state index is 11.9. The number of aliphatic imine (C=N–C) groups is 1. The molecule has 0 spiro atoms. The molecular formula is C20H30ClIN4O2. The van der Waals surface area contributed by atoms with Crippen LogP contribution in [0.4, 0.5) is 0 Å². The van der Waals surface area contributed by atoms with Crippen molar-refractivity contribution < 1.29 is 9.53 Å². The molecule has 1 heterocycles. The first kappa shape index (κ1) is 23.2. The molecule has 1 aliphatic carbocycles. The molecule has 0 aromatic heterocycles. The van der Waals surface area contributed by atoms with Gasteiger partial charge >= 0.3 is 0 Å². The van der Waals surface area contributed by atoms with E-state index in [0.717, 1.165) is 50.6 Å². The Labute approximate surface area is 189 Å². The first-order chi connectivity index (χ1) is 13.0. The molecule has 8 heteroatoms. The third-order valence-electron chi connectivity index (χ3n) is 5.34. The van der Waals surface area contributed by atoms with E-state index in [1.165, 1.54) is 5.56 Å². The molecule has 28 heavy (non-hydrogen) atoms. The number of carbonyl (C=O) groups is 1. The number of halogens is 2. The van der Waals surface area contributed by atoms with Crippen LogP contribution in [-0.2, 0) is 14.9 Å². The Morgan fingerprint density at radius 2 is 2.14 bits per heavy atom. The summed E-state index contributed by atoms with van der Waals surface area (Å²) in [6, 6.07) is 8.09. The fourth-order valence-electron chi connectivity index (χ4n) is 3.24. The van der Waals surface area contributed by atoms with Gasteiger partial charge in [-0.1, -0.05) is 23.7 Å². The highest BCUT2D eigenvalue weighted by Crippen LogP contribution is 2.48. The molecule has 1 unspecified atom stereocenters. The zero-order chi connectivity index (χ0) is 19.3. The zero-order valence-electron chi connectivity index (χ0n) is 16.5. The highest BCUT2D eigenvalue weighted by Gasteiger charge is 2.44. The minimum atomic E-state index is -0.0173. The zero-order valence-corrected chi connectivity index (χ0v) is 19.6. The summed E-state index contributed by atoms with van der Waals surface area (Å²) < 4.78 is 5.44. The van der Waals surface area contributed by atoms with E-state index in [1.54, 1.807) is 19.0 Å². The van der Waals surface area contributed by atoms with Crippen molar-refractivity contribution in [1.82, 2.24) is 15.5 Å². The van der Waals surface area contributed by atoms with E-state index in [0.29, 0.717) is 11.9 Å². The fourth-order valence-corrected chi connectivity index (χ4v) is 3.43. The molecule has 2 aliphatic rings. The summed E-state index contributed by atoms with van der Waals surface area (Å²) in [5, 5.41) is 7.59. The molecule has 156 valence electrons. The van der Waals surface area contributed by atoms with Crippen LogP contribution in [0.2, 0.25) is 5.02 Å². The Morgan fingerprint density at radius 3 is 2.75 bits per heavy atom. The number of hydrogen-bond donors (Lipinski definition) is 2. The molecule has 1 saturated carbocycles. The van der Waals surface area contributed by atoms with Gasteiger partial charge in [-0.3, -0.25) is 4.79 Å². The molecule has 0 radical (unpaired) electrons. The number of hydrogen-bond acceptors (Lipinski definition) is 3. The lowest BCUT2D eigenvalue weighted by Gasteiger charge is -2.20. The van der Waals surface area contributed by atoms with E-state index in [2.05, 4.69) is 21.7 Å². The van der Waals surface area contributed by atoms with Gasteiger partial charge in [0.1, 0.15) is 6.54 Å². The summed E-state index contributed by atoms with van der Waals surface area (Å²) in [7, 11) is 3.49. The second kappa shape index (κ2) is 10.6. The van der Waals surface area contributed by atoms with Crippen LogP contribution in [0.3, 0.4) is 0 Å². The van der Waals surface area contributed by atoms with Gasteiger partial charge in [-0.2, -0.15) is 0 Å². The minimum Gasteiger partial charge on any atom is -0.381 e. The number of ether oxygens (including phenoxy) is 1. The van der Waals surface area contributed by atoms with Crippen molar-refractivity contribution in [1.29, 1.82) is 0 Å². The molecule has 1 atom stereocenters. The molecule has 2 fully saturated rings. The summed E-state index contributed by atoms with van der Waals surface area (Å²) in [6.07, 6.45) is 3.31. The van der Waals surface area contributed by atoms with Crippen LogP contribution in [0, 0.1) is 5.92 Å². The van der Waals surface area contributed by atoms with Gasteiger partial charge in [0, 0.05) is 50.1 Å². The van der Waals surface area contributed by atoms with Crippen molar-refractivity contribution in [2.24, 2.45) is 10.9 Å². The Morgan fingerprint density at radius 1 is 1.36 bits per heavy atom. The van der Waals surface area contributed by atoms with Gasteiger partial charge in [-0.15, -0.1) is 24.0 Å². The molecule has 1 aliphatic heterocycles. The minimum absolute atomic E-state index is 0.